The van der Waals surface area contributed by atoms with Gasteiger partial charge in [0.05, 0.1) is 11.6 Å². The Morgan fingerprint density at radius 3 is 2.71 bits per heavy atom. The Morgan fingerprint density at radius 2 is 2.00 bits per heavy atom. The number of carbonyl (C=O) groups excluding carboxylic acids is 1. The van der Waals surface area contributed by atoms with Crippen LogP contribution >= 0.6 is 0 Å². The molecule has 0 bridgehead atoms. The molecule has 7 heteroatoms. The van der Waals surface area contributed by atoms with Crippen molar-refractivity contribution in [1.29, 1.82) is 0 Å². The Balaban J connectivity index is 1.50. The van der Waals surface area contributed by atoms with Crippen molar-refractivity contribution in [3.05, 3.63) is 54.2 Å². The molecule has 1 unspecified atom stereocenters. The van der Waals surface area contributed by atoms with Crippen molar-refractivity contribution in [2.24, 2.45) is 0 Å². The van der Waals surface area contributed by atoms with Gasteiger partial charge in [0.25, 0.3) is 0 Å². The van der Waals surface area contributed by atoms with E-state index in [0.717, 1.165) is 30.8 Å². The van der Waals surface area contributed by atoms with Gasteiger partial charge in [-0.15, -0.1) is 0 Å². The lowest BCUT2D eigenvalue weighted by molar-refractivity contribution is -0.131. The van der Waals surface area contributed by atoms with E-state index in [1.807, 2.05) is 0 Å². The first-order valence-corrected chi connectivity index (χ1v) is 9.83. The number of hydrogen-bond acceptors (Lipinski definition) is 5. The predicted octanol–water partition coefficient (Wildman–Crippen LogP) is 2.45. The highest BCUT2D eigenvalue weighted by Crippen LogP contribution is 2.35. The zero-order chi connectivity index (χ0) is 19.4. The summed E-state index contributed by atoms with van der Waals surface area (Å²) in [5.74, 6) is 0.549. The molecule has 1 amide bonds. The number of benzene rings is 1. The van der Waals surface area contributed by atoms with Crippen molar-refractivity contribution < 1.29 is 13.9 Å². The Morgan fingerprint density at radius 1 is 1.21 bits per heavy atom. The summed E-state index contributed by atoms with van der Waals surface area (Å²) in [6, 6.07) is 6.36. The molecule has 4 rings (SSSR count). The number of hydrogen-bond donors (Lipinski definition) is 1. The number of rotatable bonds is 4. The molecule has 0 saturated carbocycles. The Labute approximate surface area is 164 Å². The summed E-state index contributed by atoms with van der Waals surface area (Å²) in [7, 11) is 0. The number of nitrogens with zero attached hydrogens (tertiary/aromatic N) is 3. The molecule has 2 aromatic rings. The topological polar surface area (TPSA) is 67.4 Å². The first-order chi connectivity index (χ1) is 13.7. The third kappa shape index (κ3) is 3.85. The molecule has 1 atom stereocenters. The van der Waals surface area contributed by atoms with Gasteiger partial charge in [0, 0.05) is 44.7 Å². The van der Waals surface area contributed by atoms with Crippen molar-refractivity contribution in [1.82, 2.24) is 15.3 Å². The molecule has 2 aliphatic heterocycles. The first kappa shape index (κ1) is 18.8. The number of aromatic nitrogens is 2. The second-order valence-corrected chi connectivity index (χ2v) is 7.52. The van der Waals surface area contributed by atoms with E-state index >= 15 is 0 Å². The van der Waals surface area contributed by atoms with E-state index < -0.39 is 5.41 Å². The zero-order valence-electron chi connectivity index (χ0n) is 15.8. The molecule has 3 heterocycles. The quantitative estimate of drug-likeness (QED) is 0.877. The third-order valence-electron chi connectivity index (χ3n) is 5.81. The van der Waals surface area contributed by atoms with Crippen LogP contribution in [0, 0.1) is 5.82 Å². The molecule has 1 N–H and O–H groups in total. The van der Waals surface area contributed by atoms with Gasteiger partial charge in [0.15, 0.2) is 0 Å². The van der Waals surface area contributed by atoms with Crippen LogP contribution in [0.25, 0.3) is 0 Å². The van der Waals surface area contributed by atoms with Crippen LogP contribution < -0.4 is 10.2 Å². The van der Waals surface area contributed by atoms with Gasteiger partial charge in [-0.3, -0.25) is 9.78 Å². The summed E-state index contributed by atoms with van der Waals surface area (Å²) in [6.45, 7) is 2.67. The predicted molar refractivity (Wildman–Crippen MR) is 104 cm³/mol. The molecule has 0 spiro atoms. The normalized spacial score (nSPS) is 21.9. The molecular formula is C21H25FN4O2. The van der Waals surface area contributed by atoms with Gasteiger partial charge >= 0.3 is 0 Å². The van der Waals surface area contributed by atoms with Gasteiger partial charge in [0.2, 0.25) is 5.91 Å². The van der Waals surface area contributed by atoms with Crippen molar-refractivity contribution in [3.63, 3.8) is 0 Å². The summed E-state index contributed by atoms with van der Waals surface area (Å²) in [5.41, 5.74) is 0.192. The lowest BCUT2D eigenvalue weighted by atomic mass is 9.73. The maximum atomic E-state index is 13.4. The number of halogens is 1. The van der Waals surface area contributed by atoms with Crippen LogP contribution in [-0.4, -0.2) is 48.2 Å². The van der Waals surface area contributed by atoms with E-state index in [4.69, 9.17) is 4.74 Å². The first-order valence-electron chi connectivity index (χ1n) is 9.83. The van der Waals surface area contributed by atoms with Crippen LogP contribution in [0.2, 0.25) is 0 Å². The van der Waals surface area contributed by atoms with Crippen LogP contribution in [0.3, 0.4) is 0 Å². The lowest BCUT2D eigenvalue weighted by Crippen LogP contribution is -2.55. The fourth-order valence-electron chi connectivity index (χ4n) is 4.22. The zero-order valence-corrected chi connectivity index (χ0v) is 15.8. The van der Waals surface area contributed by atoms with Crippen molar-refractivity contribution in [3.8, 4) is 0 Å². The molecule has 148 valence electrons. The van der Waals surface area contributed by atoms with E-state index in [2.05, 4.69) is 20.2 Å². The molecule has 2 aliphatic rings. The third-order valence-corrected chi connectivity index (χ3v) is 5.81. The Bertz CT molecular complexity index is 794. The molecule has 1 aromatic heterocycles. The highest BCUT2D eigenvalue weighted by molar-refractivity contribution is 5.88. The summed E-state index contributed by atoms with van der Waals surface area (Å²) < 4.78 is 18.9. The maximum absolute atomic E-state index is 13.4. The fraction of sp³-hybridized carbons (Fsp3) is 0.476. The van der Waals surface area contributed by atoms with Gasteiger partial charge in [-0.2, -0.15) is 0 Å². The van der Waals surface area contributed by atoms with Crippen LogP contribution in [0.1, 0.15) is 31.2 Å². The molecule has 2 fully saturated rings. The average molecular weight is 384 g/mol. The van der Waals surface area contributed by atoms with E-state index in [9.17, 15) is 9.18 Å². The lowest BCUT2D eigenvalue weighted by Gasteiger charge is -2.39. The molecule has 6 nitrogen and oxygen atoms in total. The molecule has 28 heavy (non-hydrogen) atoms. The summed E-state index contributed by atoms with van der Waals surface area (Å²) in [5, 5.41) is 3.26. The highest BCUT2D eigenvalue weighted by atomic mass is 19.1. The highest BCUT2D eigenvalue weighted by Gasteiger charge is 2.42. The minimum atomic E-state index is -0.666. The van der Waals surface area contributed by atoms with Crippen molar-refractivity contribution in [2.75, 3.05) is 31.2 Å². The van der Waals surface area contributed by atoms with Crippen LogP contribution in [0.4, 0.5) is 10.2 Å². The minimum absolute atomic E-state index is 0.00778. The fourth-order valence-corrected chi connectivity index (χ4v) is 4.22. The second-order valence-electron chi connectivity index (χ2n) is 7.52. The molecule has 1 aromatic carbocycles. The number of piperidine rings is 1. The van der Waals surface area contributed by atoms with Gasteiger partial charge in [-0.05, 0) is 43.4 Å². The van der Waals surface area contributed by atoms with Crippen molar-refractivity contribution >= 4 is 11.7 Å². The molecule has 0 radical (unpaired) electrons. The monoisotopic (exact) mass is 384 g/mol. The molecular weight excluding hydrogens is 359 g/mol. The Hall–Kier alpha value is -2.54. The Kier molecular flexibility index (Phi) is 5.52. The van der Waals surface area contributed by atoms with Gasteiger partial charge < -0.3 is 15.0 Å². The summed E-state index contributed by atoms with van der Waals surface area (Å²) in [4.78, 5) is 24.1. The van der Waals surface area contributed by atoms with E-state index in [0.29, 0.717) is 32.6 Å². The SMILES string of the molecule is O=C(NC1CCCN(c2cnccn2)C1)C1(c2ccc(F)cc2)CCOCC1. The molecule has 2 saturated heterocycles. The molecule has 0 aliphatic carbocycles. The maximum Gasteiger partial charge on any atom is 0.231 e. The number of nitrogens with one attached hydrogen (secondary N) is 1. The number of carbonyl (C=O) groups is 1. The van der Waals surface area contributed by atoms with E-state index in [1.165, 1.54) is 12.1 Å². The summed E-state index contributed by atoms with van der Waals surface area (Å²) in [6.07, 6.45) is 8.21. The number of anilines is 1. The summed E-state index contributed by atoms with van der Waals surface area (Å²) >= 11 is 0. The van der Waals surface area contributed by atoms with Gasteiger partial charge in [0.1, 0.15) is 11.6 Å². The van der Waals surface area contributed by atoms with E-state index in [1.54, 1.807) is 30.7 Å². The smallest absolute Gasteiger partial charge is 0.231 e. The second kappa shape index (κ2) is 8.22. The van der Waals surface area contributed by atoms with Crippen LogP contribution in [-0.2, 0) is 14.9 Å². The number of amides is 1. The van der Waals surface area contributed by atoms with Gasteiger partial charge in [-0.1, -0.05) is 12.1 Å². The average Bonchev–Trinajstić information content (AvgIpc) is 2.75. The number of ether oxygens (including phenoxy) is 1. The van der Waals surface area contributed by atoms with Crippen molar-refractivity contribution in [2.45, 2.75) is 37.1 Å². The van der Waals surface area contributed by atoms with Gasteiger partial charge in [-0.25, -0.2) is 9.37 Å². The van der Waals surface area contributed by atoms with Crippen LogP contribution in [0.15, 0.2) is 42.9 Å². The van der Waals surface area contributed by atoms with Crippen LogP contribution in [0.5, 0.6) is 0 Å². The van der Waals surface area contributed by atoms with E-state index in [-0.39, 0.29) is 17.8 Å². The minimum Gasteiger partial charge on any atom is -0.381 e. The standard InChI is InChI=1S/C21H25FN4O2/c22-17-5-3-16(4-6-17)21(7-12-28-13-8-21)20(27)25-18-2-1-11-26(15-18)19-14-23-9-10-24-19/h3-6,9-10,14,18H,1-2,7-8,11-13,15H2,(H,25,27). The largest absolute Gasteiger partial charge is 0.381 e.